The first-order valence-corrected chi connectivity index (χ1v) is 13.4. The third-order valence-electron chi connectivity index (χ3n) is 6.91. The Labute approximate surface area is 236 Å². The molecule has 3 aliphatic heterocycles. The van der Waals surface area contributed by atoms with Gasteiger partial charge in [-0.1, -0.05) is 6.07 Å². The van der Waals surface area contributed by atoms with Gasteiger partial charge >= 0.3 is 6.09 Å². The maximum atomic E-state index is 15.0. The zero-order valence-corrected chi connectivity index (χ0v) is 23.3. The summed E-state index contributed by atoms with van der Waals surface area (Å²) in [4.78, 5) is 54.9. The van der Waals surface area contributed by atoms with E-state index in [1.165, 1.54) is 31.2 Å². The normalized spacial score (nSPS) is 20.0. The predicted molar refractivity (Wildman–Crippen MR) is 148 cm³/mol. The standard InChI is InChI=1S/C29H30FN7O4/c1-16(38)33-18-8-6-10-36(14-18)23-13-32-26(35-23)19-11-21(24-17(12-31)7-5-9-20(24)30)34-22-15-37(27(39)25(19)22)28(40)41-29(2,3)4/h5,7,9,11,13,18,26H,6,8,10,14-15H2,1-4H3,(H,33,38)/t18-,26?/m1/s1. The number of halogens is 1. The van der Waals surface area contributed by atoms with Crippen LogP contribution in [0.5, 0.6) is 0 Å². The van der Waals surface area contributed by atoms with Gasteiger partial charge in [0, 0.05) is 31.6 Å². The van der Waals surface area contributed by atoms with Gasteiger partial charge in [-0.05, 0) is 51.8 Å². The van der Waals surface area contributed by atoms with E-state index in [0.29, 0.717) is 17.9 Å². The number of ether oxygens (including phenoxy) is 1. The number of benzene rings is 1. The van der Waals surface area contributed by atoms with Gasteiger partial charge in [0.2, 0.25) is 5.91 Å². The van der Waals surface area contributed by atoms with Crippen molar-refractivity contribution in [2.24, 2.45) is 9.98 Å². The molecule has 0 aliphatic carbocycles. The molecule has 2 aromatic rings. The smallest absolute Gasteiger partial charge is 0.417 e. The summed E-state index contributed by atoms with van der Waals surface area (Å²) in [6, 6.07) is 7.63. The molecule has 1 fully saturated rings. The molecule has 1 aromatic heterocycles. The van der Waals surface area contributed by atoms with E-state index in [-0.39, 0.29) is 46.6 Å². The van der Waals surface area contributed by atoms with Gasteiger partial charge in [-0.25, -0.2) is 24.1 Å². The van der Waals surface area contributed by atoms with Crippen molar-refractivity contribution in [2.45, 2.75) is 64.9 Å². The number of likely N-dealkylation sites (tertiary alicyclic amines) is 1. The van der Waals surface area contributed by atoms with E-state index in [0.717, 1.165) is 24.3 Å². The summed E-state index contributed by atoms with van der Waals surface area (Å²) in [6.07, 6.45) is 1.63. The molecule has 41 heavy (non-hydrogen) atoms. The molecule has 0 spiro atoms. The third-order valence-corrected chi connectivity index (χ3v) is 6.91. The lowest BCUT2D eigenvalue weighted by atomic mass is 9.98. The zero-order valence-electron chi connectivity index (χ0n) is 23.3. The molecule has 1 aromatic carbocycles. The number of nitriles is 1. The fourth-order valence-corrected chi connectivity index (χ4v) is 5.24. The number of rotatable bonds is 3. The number of piperidine rings is 1. The van der Waals surface area contributed by atoms with E-state index in [4.69, 9.17) is 9.73 Å². The molecule has 12 heteroatoms. The molecule has 1 unspecified atom stereocenters. The summed E-state index contributed by atoms with van der Waals surface area (Å²) >= 11 is 0. The number of nitrogens with zero attached hydrogens (tertiary/aromatic N) is 6. The minimum absolute atomic E-state index is 0.0115. The number of pyridine rings is 1. The maximum Gasteiger partial charge on any atom is 0.417 e. The van der Waals surface area contributed by atoms with Gasteiger partial charge in [0.1, 0.15) is 17.3 Å². The van der Waals surface area contributed by atoms with E-state index in [1.807, 2.05) is 11.0 Å². The number of carbonyl (C=O) groups is 3. The van der Waals surface area contributed by atoms with E-state index < -0.39 is 29.6 Å². The first-order chi connectivity index (χ1) is 19.4. The quantitative estimate of drug-likeness (QED) is 0.604. The Balaban J connectivity index is 1.56. The number of aliphatic imine (C=N–C) groups is 2. The summed E-state index contributed by atoms with van der Waals surface area (Å²) in [6.45, 7) is 7.67. The molecule has 5 rings (SSSR count). The van der Waals surface area contributed by atoms with Crippen molar-refractivity contribution in [3.05, 3.63) is 52.5 Å². The second kappa shape index (κ2) is 10.7. The highest BCUT2D eigenvalue weighted by molar-refractivity contribution is 6.30. The van der Waals surface area contributed by atoms with Gasteiger partial charge in [0.05, 0.1) is 46.9 Å². The van der Waals surface area contributed by atoms with Gasteiger partial charge in [-0.3, -0.25) is 14.6 Å². The molecule has 1 N–H and O–H groups in total. The zero-order chi connectivity index (χ0) is 29.5. The Kier molecular flexibility index (Phi) is 7.29. The number of amides is 3. The largest absolute Gasteiger partial charge is 0.443 e. The summed E-state index contributed by atoms with van der Waals surface area (Å²) < 4.78 is 20.5. The molecule has 0 bridgehead atoms. The summed E-state index contributed by atoms with van der Waals surface area (Å²) in [5, 5.41) is 12.6. The van der Waals surface area contributed by atoms with E-state index >= 15 is 4.39 Å². The SMILES string of the molecule is CC(=O)N[C@@H]1CCCN(C2=NC(c3cc(-c4c(F)cccc4C#N)nc4c3C(=O)N(C(=O)OC(C)(C)C)C4)N=C2)C1. The van der Waals surface area contributed by atoms with Gasteiger partial charge in [0.25, 0.3) is 5.91 Å². The second-order valence-electron chi connectivity index (χ2n) is 11.2. The van der Waals surface area contributed by atoms with Crippen molar-refractivity contribution in [1.29, 1.82) is 5.26 Å². The topological polar surface area (TPSA) is 140 Å². The number of fused-ring (bicyclic) bond motifs is 1. The fraction of sp³-hybridized carbons (Fsp3) is 0.414. The van der Waals surface area contributed by atoms with Crippen molar-refractivity contribution < 1.29 is 23.5 Å². The van der Waals surface area contributed by atoms with Crippen molar-refractivity contribution in [3.8, 4) is 17.3 Å². The Hall–Kier alpha value is -4.66. The molecule has 3 amide bonds. The van der Waals surface area contributed by atoms with Gasteiger partial charge in [-0.2, -0.15) is 5.26 Å². The van der Waals surface area contributed by atoms with Crippen molar-refractivity contribution in [1.82, 2.24) is 20.1 Å². The lowest BCUT2D eigenvalue weighted by Gasteiger charge is -2.33. The molecule has 0 radical (unpaired) electrons. The van der Waals surface area contributed by atoms with E-state index in [2.05, 4.69) is 15.3 Å². The van der Waals surface area contributed by atoms with E-state index in [9.17, 15) is 19.6 Å². The van der Waals surface area contributed by atoms with Gasteiger partial charge in [0.15, 0.2) is 6.17 Å². The monoisotopic (exact) mass is 559 g/mol. The van der Waals surface area contributed by atoms with Crippen LogP contribution < -0.4 is 5.32 Å². The van der Waals surface area contributed by atoms with Crippen LogP contribution in [0.3, 0.4) is 0 Å². The molecule has 212 valence electrons. The van der Waals surface area contributed by atoms with Gasteiger partial charge in [-0.15, -0.1) is 0 Å². The Morgan fingerprint density at radius 2 is 2.02 bits per heavy atom. The number of hydrogen-bond acceptors (Lipinski definition) is 9. The number of hydrogen-bond donors (Lipinski definition) is 1. The Bertz CT molecular complexity index is 1540. The highest BCUT2D eigenvalue weighted by atomic mass is 19.1. The minimum atomic E-state index is -0.860. The van der Waals surface area contributed by atoms with Crippen LogP contribution in [0.4, 0.5) is 9.18 Å². The molecule has 11 nitrogen and oxygen atoms in total. The Morgan fingerprint density at radius 1 is 1.24 bits per heavy atom. The number of imide groups is 1. The highest BCUT2D eigenvalue weighted by Crippen LogP contribution is 2.37. The summed E-state index contributed by atoms with van der Waals surface area (Å²) in [5.74, 6) is -0.767. The molecular weight excluding hydrogens is 529 g/mol. The van der Waals surface area contributed by atoms with Crippen LogP contribution >= 0.6 is 0 Å². The number of nitrogens with one attached hydrogen (secondary N) is 1. The lowest BCUT2D eigenvalue weighted by Crippen LogP contribution is -2.49. The van der Waals surface area contributed by atoms with Crippen LogP contribution in [-0.2, 0) is 16.1 Å². The molecule has 0 saturated carbocycles. The van der Waals surface area contributed by atoms with Gasteiger partial charge < -0.3 is 15.0 Å². The molecule has 4 heterocycles. The summed E-state index contributed by atoms with van der Waals surface area (Å²) in [5.41, 5.74) is 0.0980. The first kappa shape index (κ1) is 27.9. The number of carbonyl (C=O) groups excluding carboxylic acids is 3. The van der Waals surface area contributed by atoms with Crippen LogP contribution in [0, 0.1) is 17.1 Å². The van der Waals surface area contributed by atoms with Crippen LogP contribution in [0.1, 0.15) is 73.9 Å². The lowest BCUT2D eigenvalue weighted by molar-refractivity contribution is -0.119. The highest BCUT2D eigenvalue weighted by Gasteiger charge is 2.40. The molecular formula is C29H30FN7O4. The van der Waals surface area contributed by atoms with Crippen molar-refractivity contribution in [3.63, 3.8) is 0 Å². The van der Waals surface area contributed by atoms with Crippen molar-refractivity contribution >= 4 is 30.0 Å². The molecule has 1 saturated heterocycles. The molecule has 2 atom stereocenters. The van der Waals surface area contributed by atoms with Crippen LogP contribution in [0.2, 0.25) is 0 Å². The average Bonchev–Trinajstić information content (AvgIpc) is 3.52. The van der Waals surface area contributed by atoms with Crippen LogP contribution in [0.15, 0.2) is 34.3 Å². The second-order valence-corrected chi connectivity index (χ2v) is 11.2. The first-order valence-electron chi connectivity index (χ1n) is 13.4. The third kappa shape index (κ3) is 5.66. The van der Waals surface area contributed by atoms with Crippen LogP contribution in [0.25, 0.3) is 11.3 Å². The average molecular weight is 560 g/mol. The maximum absolute atomic E-state index is 15.0. The minimum Gasteiger partial charge on any atom is -0.443 e. The summed E-state index contributed by atoms with van der Waals surface area (Å²) in [7, 11) is 0. The predicted octanol–water partition coefficient (Wildman–Crippen LogP) is 3.73. The number of aromatic nitrogens is 1. The van der Waals surface area contributed by atoms with E-state index in [1.54, 1.807) is 27.0 Å². The van der Waals surface area contributed by atoms with Crippen LogP contribution in [-0.4, -0.2) is 69.5 Å². The molecule has 3 aliphatic rings. The Morgan fingerprint density at radius 3 is 2.73 bits per heavy atom. The van der Waals surface area contributed by atoms with Crippen molar-refractivity contribution in [2.75, 3.05) is 13.1 Å². The number of amidine groups is 1. The fourth-order valence-electron chi connectivity index (χ4n) is 5.24.